The van der Waals surface area contributed by atoms with Gasteiger partial charge in [0.25, 0.3) is 5.91 Å². The molecule has 0 fully saturated rings. The summed E-state index contributed by atoms with van der Waals surface area (Å²) in [7, 11) is 0. The van der Waals surface area contributed by atoms with E-state index in [-0.39, 0.29) is 0 Å². The highest BCUT2D eigenvalue weighted by Crippen LogP contribution is 2.39. The third-order valence-corrected chi connectivity index (χ3v) is 6.02. The summed E-state index contributed by atoms with van der Waals surface area (Å²) in [5, 5.41) is 0. The molecular weight excluding hydrogens is 468 g/mol. The molecule has 2 aromatic carbocycles. The van der Waals surface area contributed by atoms with Crippen LogP contribution in [-0.4, -0.2) is 50.1 Å². The monoisotopic (exact) mass is 502 g/mol. The number of aromatic nitrogens is 1. The number of hydrogen-bond donors (Lipinski definition) is 0. The van der Waals surface area contributed by atoms with E-state index < -0.39 is 5.91 Å². The first-order chi connectivity index (χ1) is 17.1. The minimum Gasteiger partial charge on any atom is -0.492 e. The highest BCUT2D eigenvalue weighted by molar-refractivity contribution is 7.16. The van der Waals surface area contributed by atoms with Gasteiger partial charge < -0.3 is 28.3 Å². The van der Waals surface area contributed by atoms with Gasteiger partial charge in [0, 0.05) is 18.7 Å². The molecule has 0 aliphatic carbocycles. The third kappa shape index (κ3) is 6.35. The fraction of sp³-hybridized carbons (Fsp3) is 0.462. The van der Waals surface area contributed by atoms with Gasteiger partial charge in [-0.05, 0) is 58.9 Å². The quantitative estimate of drug-likeness (QED) is 0.304. The van der Waals surface area contributed by atoms with Crippen molar-refractivity contribution in [1.29, 1.82) is 0 Å². The minimum atomic E-state index is -0.398. The summed E-state index contributed by atoms with van der Waals surface area (Å²) in [6.45, 7) is 13.0. The Balaban J connectivity index is 2.13. The molecule has 0 radical (unpaired) electrons. The number of carbonyl (C=O) groups excluding carboxylic acids is 1. The Bertz CT molecular complexity index is 1170. The normalized spacial score (nSPS) is 11.6. The van der Waals surface area contributed by atoms with Crippen LogP contribution in [0, 0.1) is 0 Å². The van der Waals surface area contributed by atoms with Crippen molar-refractivity contribution < 1.29 is 28.5 Å². The number of para-hydroxylation sites is 1. The predicted octanol–water partition coefficient (Wildman–Crippen LogP) is 5.08. The molecule has 0 saturated carbocycles. The zero-order valence-corrected chi connectivity index (χ0v) is 21.9. The number of ether oxygens (including phenoxy) is 5. The van der Waals surface area contributed by atoms with Gasteiger partial charge in [0.2, 0.25) is 5.75 Å². The molecule has 3 rings (SSSR count). The average molecular weight is 503 g/mol. The Kier molecular flexibility index (Phi) is 9.98. The Morgan fingerprint density at radius 2 is 1.49 bits per heavy atom. The summed E-state index contributed by atoms with van der Waals surface area (Å²) in [4.78, 5) is 18.5. The number of fused-ring (bicyclic) bond motifs is 1. The molecule has 1 amide bonds. The molecule has 0 aliphatic rings. The molecule has 3 aromatic rings. The number of rotatable bonds is 13. The van der Waals surface area contributed by atoms with E-state index in [0.29, 0.717) is 73.8 Å². The smallest absolute Gasteiger partial charge is 0.279 e. The largest absolute Gasteiger partial charge is 0.492 e. The predicted molar refractivity (Wildman–Crippen MR) is 137 cm³/mol. The zero-order valence-electron chi connectivity index (χ0n) is 21.1. The van der Waals surface area contributed by atoms with Crippen molar-refractivity contribution in [2.75, 3.05) is 39.6 Å². The van der Waals surface area contributed by atoms with Crippen molar-refractivity contribution in [2.24, 2.45) is 4.99 Å². The number of hydrogen-bond acceptors (Lipinski definition) is 7. The van der Waals surface area contributed by atoms with Crippen molar-refractivity contribution >= 4 is 27.5 Å². The van der Waals surface area contributed by atoms with Crippen LogP contribution in [-0.2, 0) is 11.3 Å². The van der Waals surface area contributed by atoms with E-state index in [1.807, 2.05) is 57.4 Å². The molecule has 1 heterocycles. The van der Waals surface area contributed by atoms with Gasteiger partial charge in [0.05, 0.1) is 37.7 Å². The summed E-state index contributed by atoms with van der Waals surface area (Å²) in [5.41, 5.74) is 1.27. The lowest BCUT2D eigenvalue weighted by Crippen LogP contribution is -2.20. The van der Waals surface area contributed by atoms with Gasteiger partial charge in [0.1, 0.15) is 11.3 Å². The maximum atomic E-state index is 13.4. The van der Waals surface area contributed by atoms with E-state index in [1.165, 1.54) is 11.3 Å². The second kappa shape index (κ2) is 13.2. The Hall–Kier alpha value is -3.04. The summed E-state index contributed by atoms with van der Waals surface area (Å²) in [6, 6.07) is 9.19. The molecule has 9 heteroatoms. The van der Waals surface area contributed by atoms with Crippen LogP contribution in [0.1, 0.15) is 45.0 Å². The summed E-state index contributed by atoms with van der Waals surface area (Å²) >= 11 is 1.44. The molecule has 0 unspecified atom stereocenters. The molecule has 35 heavy (non-hydrogen) atoms. The fourth-order valence-corrected chi connectivity index (χ4v) is 4.70. The number of benzene rings is 2. The molecule has 0 saturated heterocycles. The van der Waals surface area contributed by atoms with Gasteiger partial charge in [-0.15, -0.1) is 0 Å². The van der Waals surface area contributed by atoms with Crippen molar-refractivity contribution in [3.05, 3.63) is 40.7 Å². The van der Waals surface area contributed by atoms with E-state index in [1.54, 1.807) is 12.1 Å². The van der Waals surface area contributed by atoms with Crippen LogP contribution in [0.3, 0.4) is 0 Å². The summed E-state index contributed by atoms with van der Waals surface area (Å²) in [5.74, 6) is 1.76. The maximum Gasteiger partial charge on any atom is 0.279 e. The molecule has 190 valence electrons. The molecule has 1 aromatic heterocycles. The van der Waals surface area contributed by atoms with Crippen molar-refractivity contribution in [1.82, 2.24) is 4.57 Å². The molecule has 0 aliphatic heterocycles. The van der Waals surface area contributed by atoms with Gasteiger partial charge >= 0.3 is 0 Å². The van der Waals surface area contributed by atoms with Gasteiger partial charge in [-0.1, -0.05) is 17.4 Å². The van der Waals surface area contributed by atoms with Crippen LogP contribution in [0.15, 0.2) is 35.3 Å². The highest BCUT2D eigenvalue weighted by atomic mass is 32.1. The lowest BCUT2D eigenvalue weighted by Gasteiger charge is -2.16. The van der Waals surface area contributed by atoms with E-state index in [9.17, 15) is 4.79 Å². The standard InChI is InChI=1S/C26H34N2O6S/c1-6-30-15-14-28-23-19(31-7-2)12-11-13-22(23)35-26(28)27-25(29)18-16-20(32-8-3)24(34-10-5)21(17-18)33-9-4/h11-13,16-17H,6-10,14-15H2,1-5H3. The van der Waals surface area contributed by atoms with Crippen LogP contribution < -0.4 is 23.7 Å². The van der Waals surface area contributed by atoms with Crippen molar-refractivity contribution in [3.8, 4) is 23.0 Å². The first kappa shape index (κ1) is 26.6. The van der Waals surface area contributed by atoms with Crippen molar-refractivity contribution in [2.45, 2.75) is 41.2 Å². The Morgan fingerprint density at radius 1 is 0.857 bits per heavy atom. The van der Waals surface area contributed by atoms with Crippen LogP contribution >= 0.6 is 11.3 Å². The van der Waals surface area contributed by atoms with Crippen LogP contribution in [0.4, 0.5) is 0 Å². The summed E-state index contributed by atoms with van der Waals surface area (Å²) in [6.07, 6.45) is 0. The van der Waals surface area contributed by atoms with Gasteiger partial charge in [-0.3, -0.25) is 4.79 Å². The first-order valence-corrected chi connectivity index (χ1v) is 12.9. The van der Waals surface area contributed by atoms with E-state index in [0.717, 1.165) is 16.0 Å². The number of thiazole rings is 1. The zero-order chi connectivity index (χ0) is 25.2. The molecular formula is C26H34N2O6S. The van der Waals surface area contributed by atoms with Gasteiger partial charge in [-0.2, -0.15) is 4.99 Å². The topological polar surface area (TPSA) is 80.5 Å². The first-order valence-electron chi connectivity index (χ1n) is 12.1. The number of amides is 1. The van der Waals surface area contributed by atoms with Crippen LogP contribution in [0.2, 0.25) is 0 Å². The molecule has 0 N–H and O–H groups in total. The molecule has 0 spiro atoms. The highest BCUT2D eigenvalue weighted by Gasteiger charge is 2.19. The maximum absolute atomic E-state index is 13.4. The van der Waals surface area contributed by atoms with Gasteiger partial charge in [0.15, 0.2) is 16.3 Å². The Labute approximate surface area is 210 Å². The molecule has 0 bridgehead atoms. The van der Waals surface area contributed by atoms with Gasteiger partial charge in [-0.25, -0.2) is 0 Å². The summed E-state index contributed by atoms with van der Waals surface area (Å²) < 4.78 is 31.7. The van der Waals surface area contributed by atoms with E-state index >= 15 is 0 Å². The lowest BCUT2D eigenvalue weighted by molar-refractivity contribution is 0.0995. The molecule has 8 nitrogen and oxygen atoms in total. The number of nitrogens with zero attached hydrogens (tertiary/aromatic N) is 2. The van der Waals surface area contributed by atoms with Crippen LogP contribution in [0.5, 0.6) is 23.0 Å². The minimum absolute atomic E-state index is 0.360. The van der Waals surface area contributed by atoms with E-state index in [2.05, 4.69) is 4.99 Å². The number of carbonyl (C=O) groups is 1. The second-order valence-electron chi connectivity index (χ2n) is 7.29. The van der Waals surface area contributed by atoms with Crippen molar-refractivity contribution in [3.63, 3.8) is 0 Å². The third-order valence-electron chi connectivity index (χ3n) is 4.98. The SMILES string of the molecule is CCOCCn1c(=NC(=O)c2cc(OCC)c(OCC)c(OCC)c2)sc2cccc(OCC)c21. The lowest BCUT2D eigenvalue weighted by atomic mass is 10.1. The second-order valence-corrected chi connectivity index (χ2v) is 8.30. The molecule has 0 atom stereocenters. The Morgan fingerprint density at radius 3 is 2.09 bits per heavy atom. The average Bonchev–Trinajstić information content (AvgIpc) is 3.19. The van der Waals surface area contributed by atoms with E-state index in [4.69, 9.17) is 23.7 Å². The fourth-order valence-electron chi connectivity index (χ4n) is 3.63. The van der Waals surface area contributed by atoms with Crippen LogP contribution in [0.25, 0.3) is 10.2 Å².